The molecule has 0 atom stereocenters. The van der Waals surface area contributed by atoms with Crippen molar-refractivity contribution >= 4 is 5.69 Å². The van der Waals surface area contributed by atoms with E-state index in [9.17, 15) is 10.1 Å². The van der Waals surface area contributed by atoms with Crippen LogP contribution in [0, 0.1) is 22.0 Å². The third-order valence-corrected chi connectivity index (χ3v) is 1.85. The summed E-state index contributed by atoms with van der Waals surface area (Å²) in [5, 5.41) is 10.6. The molecule has 4 heteroatoms. The van der Waals surface area contributed by atoms with E-state index in [1.807, 2.05) is 0 Å². The topological polar surface area (TPSA) is 56.0 Å². The van der Waals surface area contributed by atoms with Gasteiger partial charge >= 0.3 is 5.69 Å². The lowest BCUT2D eigenvalue weighted by Crippen LogP contribution is -1.93. The average Bonchev–Trinajstić information content (AvgIpc) is 2.25. The monoisotopic (exact) mass is 204 g/mol. The molecule has 4 nitrogen and oxygen atoms in total. The quantitative estimate of drug-likeness (QED) is 0.329. The summed E-state index contributed by atoms with van der Waals surface area (Å²) in [6.07, 6.45) is 4.34. The van der Waals surface area contributed by atoms with Crippen molar-refractivity contribution in [3.05, 3.63) is 34.1 Å². The van der Waals surface area contributed by atoms with Crippen molar-refractivity contribution in [2.75, 3.05) is 0 Å². The Labute approximate surface area is 88.5 Å². The highest BCUT2D eigenvalue weighted by Gasteiger charge is 2.10. The predicted octanol–water partition coefficient (Wildman–Crippen LogP) is 2.53. The van der Waals surface area contributed by atoms with Gasteiger partial charge in [0, 0.05) is 18.7 Å². The van der Waals surface area contributed by atoms with E-state index in [1.54, 1.807) is 0 Å². The van der Waals surface area contributed by atoms with Crippen LogP contribution in [0.2, 0.25) is 0 Å². The molecule has 0 spiro atoms. The molecule has 0 aliphatic heterocycles. The molecular formula is C11H12N2O2. The lowest BCUT2D eigenvalue weighted by Gasteiger charge is -1.92. The second-order valence-corrected chi connectivity index (χ2v) is 3.03. The average molecular weight is 204 g/mol. The van der Waals surface area contributed by atoms with Crippen LogP contribution in [0.15, 0.2) is 18.3 Å². The van der Waals surface area contributed by atoms with Gasteiger partial charge in [0.25, 0.3) is 0 Å². The molecule has 0 aliphatic carbocycles. The van der Waals surface area contributed by atoms with Gasteiger partial charge in [-0.2, -0.15) is 0 Å². The van der Waals surface area contributed by atoms with E-state index in [2.05, 4.69) is 23.7 Å². The van der Waals surface area contributed by atoms with E-state index in [0.717, 1.165) is 19.3 Å². The highest BCUT2D eigenvalue weighted by molar-refractivity contribution is 5.45. The number of nitro groups is 1. The van der Waals surface area contributed by atoms with Crippen LogP contribution in [-0.2, 0) is 0 Å². The fourth-order valence-corrected chi connectivity index (χ4v) is 1.05. The third kappa shape index (κ3) is 3.39. The number of pyridine rings is 1. The second-order valence-electron chi connectivity index (χ2n) is 3.03. The lowest BCUT2D eigenvalue weighted by molar-refractivity contribution is -0.385. The molecule has 0 aromatic carbocycles. The van der Waals surface area contributed by atoms with Crippen molar-refractivity contribution in [3.8, 4) is 11.8 Å². The van der Waals surface area contributed by atoms with E-state index in [0.29, 0.717) is 0 Å². The molecule has 1 heterocycles. The van der Waals surface area contributed by atoms with Crippen LogP contribution in [0.3, 0.4) is 0 Å². The first kappa shape index (κ1) is 11.2. The van der Waals surface area contributed by atoms with E-state index in [1.165, 1.54) is 18.3 Å². The van der Waals surface area contributed by atoms with E-state index in [-0.39, 0.29) is 11.4 Å². The molecule has 1 aromatic heterocycles. The molecule has 0 fully saturated rings. The molecule has 1 aromatic rings. The van der Waals surface area contributed by atoms with Gasteiger partial charge in [-0.3, -0.25) is 10.1 Å². The van der Waals surface area contributed by atoms with E-state index in [4.69, 9.17) is 0 Å². The first-order valence-electron chi connectivity index (χ1n) is 4.84. The Morgan fingerprint density at radius 2 is 2.40 bits per heavy atom. The maximum absolute atomic E-state index is 10.6. The number of hydrogen-bond donors (Lipinski definition) is 0. The van der Waals surface area contributed by atoms with Gasteiger partial charge < -0.3 is 0 Å². The van der Waals surface area contributed by atoms with Crippen LogP contribution >= 0.6 is 0 Å². The van der Waals surface area contributed by atoms with Gasteiger partial charge in [-0.15, -0.1) is 0 Å². The number of aromatic nitrogens is 1. The zero-order valence-electron chi connectivity index (χ0n) is 8.56. The van der Waals surface area contributed by atoms with Crippen LogP contribution in [0.1, 0.15) is 31.9 Å². The van der Waals surface area contributed by atoms with Crippen molar-refractivity contribution in [2.45, 2.75) is 26.2 Å². The lowest BCUT2D eigenvalue weighted by atomic mass is 10.2. The molecule has 0 radical (unpaired) electrons. The Hall–Kier alpha value is -1.89. The van der Waals surface area contributed by atoms with Crippen molar-refractivity contribution < 1.29 is 4.92 Å². The summed E-state index contributed by atoms with van der Waals surface area (Å²) in [6, 6.07) is 2.95. The van der Waals surface area contributed by atoms with E-state index >= 15 is 0 Å². The van der Waals surface area contributed by atoms with Crippen molar-refractivity contribution in [3.63, 3.8) is 0 Å². The molecule has 0 N–H and O–H groups in total. The summed E-state index contributed by atoms with van der Waals surface area (Å²) in [6.45, 7) is 2.07. The molecule has 0 unspecified atom stereocenters. The van der Waals surface area contributed by atoms with Crippen LogP contribution in [0.4, 0.5) is 5.69 Å². The number of nitrogens with zero attached hydrogens (tertiary/aromatic N) is 2. The molecule has 78 valence electrons. The number of hydrogen-bond acceptors (Lipinski definition) is 3. The Bertz CT molecular complexity index is 405. The van der Waals surface area contributed by atoms with Crippen LogP contribution in [-0.4, -0.2) is 9.91 Å². The van der Waals surface area contributed by atoms with Crippen LogP contribution in [0.25, 0.3) is 0 Å². The third-order valence-electron chi connectivity index (χ3n) is 1.85. The summed E-state index contributed by atoms with van der Waals surface area (Å²) < 4.78 is 0. The molecule has 15 heavy (non-hydrogen) atoms. The summed E-state index contributed by atoms with van der Waals surface area (Å²) in [5.41, 5.74) is 0.222. The van der Waals surface area contributed by atoms with Crippen LogP contribution in [0.5, 0.6) is 0 Å². The second kappa shape index (κ2) is 5.76. The van der Waals surface area contributed by atoms with Crippen molar-refractivity contribution in [1.29, 1.82) is 0 Å². The summed E-state index contributed by atoms with van der Waals surface area (Å²) in [5.74, 6) is 5.61. The van der Waals surface area contributed by atoms with Crippen molar-refractivity contribution in [2.24, 2.45) is 0 Å². The largest absolute Gasteiger partial charge is 0.303 e. The zero-order chi connectivity index (χ0) is 11.1. The maximum atomic E-state index is 10.6. The molecule has 0 saturated carbocycles. The summed E-state index contributed by atoms with van der Waals surface area (Å²) in [7, 11) is 0. The summed E-state index contributed by atoms with van der Waals surface area (Å²) >= 11 is 0. The first-order valence-corrected chi connectivity index (χ1v) is 4.84. The fourth-order valence-electron chi connectivity index (χ4n) is 1.05. The zero-order valence-corrected chi connectivity index (χ0v) is 8.56. The number of rotatable bonds is 3. The maximum Gasteiger partial charge on any atom is 0.303 e. The Morgan fingerprint density at radius 3 is 3.07 bits per heavy atom. The van der Waals surface area contributed by atoms with E-state index < -0.39 is 4.92 Å². The number of unbranched alkanes of at least 4 members (excludes halogenated alkanes) is 2. The first-order chi connectivity index (χ1) is 7.25. The molecule has 0 bridgehead atoms. The highest BCUT2D eigenvalue weighted by Crippen LogP contribution is 2.13. The fraction of sp³-hybridized carbons (Fsp3) is 0.364. The van der Waals surface area contributed by atoms with Crippen molar-refractivity contribution in [1.82, 2.24) is 4.98 Å². The molecular weight excluding hydrogens is 192 g/mol. The van der Waals surface area contributed by atoms with Crippen LogP contribution < -0.4 is 0 Å². The highest BCUT2D eigenvalue weighted by atomic mass is 16.6. The summed E-state index contributed by atoms with van der Waals surface area (Å²) in [4.78, 5) is 14.0. The SMILES string of the molecule is CCCCC#Cc1ncccc1[N+](=O)[O-]. The standard InChI is InChI=1S/C11H12N2O2/c1-2-3-4-5-7-10-11(13(14)15)8-6-9-12-10/h6,8-9H,2-4H2,1H3. The predicted molar refractivity (Wildman–Crippen MR) is 57.3 cm³/mol. The van der Waals surface area contributed by atoms with Gasteiger partial charge in [0.2, 0.25) is 0 Å². The molecule has 0 saturated heterocycles. The smallest absolute Gasteiger partial charge is 0.258 e. The minimum atomic E-state index is -0.461. The van der Waals surface area contributed by atoms with Gasteiger partial charge in [-0.1, -0.05) is 19.3 Å². The van der Waals surface area contributed by atoms with Gasteiger partial charge in [-0.05, 0) is 18.4 Å². The Morgan fingerprint density at radius 1 is 1.60 bits per heavy atom. The van der Waals surface area contributed by atoms with Gasteiger partial charge in [0.1, 0.15) is 0 Å². The molecule has 1 rings (SSSR count). The van der Waals surface area contributed by atoms with Gasteiger partial charge in [-0.25, -0.2) is 4.98 Å². The molecule has 0 aliphatic rings. The Balaban J connectivity index is 2.83. The van der Waals surface area contributed by atoms with Gasteiger partial charge in [0.15, 0.2) is 5.69 Å². The Kier molecular flexibility index (Phi) is 4.30. The normalized spacial score (nSPS) is 9.13. The minimum Gasteiger partial charge on any atom is -0.258 e. The minimum absolute atomic E-state index is 0.0264. The molecule has 0 amide bonds. The van der Waals surface area contributed by atoms with Gasteiger partial charge in [0.05, 0.1) is 4.92 Å².